The van der Waals surface area contributed by atoms with E-state index >= 15 is 0 Å². The molecule has 0 saturated heterocycles. The molecule has 0 aliphatic rings. The molecule has 1 aromatic carbocycles. The highest BCUT2D eigenvalue weighted by atomic mass is 16.3. The zero-order valence-electron chi connectivity index (χ0n) is 12.0. The zero-order chi connectivity index (χ0) is 14.5. The fourth-order valence-electron chi connectivity index (χ4n) is 2.31. The van der Waals surface area contributed by atoms with Crippen LogP contribution in [0.25, 0.3) is 0 Å². The van der Waals surface area contributed by atoms with Crippen LogP contribution in [-0.2, 0) is 11.3 Å². The Hall–Kier alpha value is -1.55. The summed E-state index contributed by atoms with van der Waals surface area (Å²) < 4.78 is 0. The van der Waals surface area contributed by atoms with E-state index in [1.165, 1.54) is 0 Å². The molecule has 0 bridgehead atoms. The summed E-state index contributed by atoms with van der Waals surface area (Å²) in [5.74, 6) is 0.261. The zero-order valence-corrected chi connectivity index (χ0v) is 12.0. The van der Waals surface area contributed by atoms with E-state index in [9.17, 15) is 9.90 Å². The van der Waals surface area contributed by atoms with Gasteiger partial charge in [0.25, 0.3) is 0 Å². The van der Waals surface area contributed by atoms with Crippen molar-refractivity contribution in [2.75, 3.05) is 13.6 Å². The third-order valence-electron chi connectivity index (χ3n) is 3.94. The summed E-state index contributed by atoms with van der Waals surface area (Å²) in [6, 6.07) is 7.07. The summed E-state index contributed by atoms with van der Waals surface area (Å²) in [6.07, 6.45) is 1.45. The van der Waals surface area contributed by atoms with Crippen molar-refractivity contribution >= 4 is 5.91 Å². The monoisotopic (exact) mass is 264 g/mol. The lowest BCUT2D eigenvalue weighted by Gasteiger charge is -2.33. The largest absolute Gasteiger partial charge is 0.508 e. The molecule has 0 atom stereocenters. The molecule has 0 heterocycles. The van der Waals surface area contributed by atoms with Crippen molar-refractivity contribution in [3.63, 3.8) is 0 Å². The number of carbonyl (C=O) groups excluding carboxylic acids is 1. The Kier molecular flexibility index (Phi) is 5.36. The quantitative estimate of drug-likeness (QED) is 0.827. The number of hydrogen-bond acceptors (Lipinski definition) is 3. The number of hydrogen-bond donors (Lipinski definition) is 2. The average Bonchev–Trinajstić information content (AvgIpc) is 2.43. The van der Waals surface area contributed by atoms with E-state index in [2.05, 4.69) is 0 Å². The Morgan fingerprint density at radius 2 is 1.89 bits per heavy atom. The van der Waals surface area contributed by atoms with Crippen LogP contribution in [0.1, 0.15) is 32.3 Å². The number of nitrogens with zero attached hydrogens (tertiary/aromatic N) is 1. The van der Waals surface area contributed by atoms with Crippen LogP contribution in [-0.4, -0.2) is 29.5 Å². The van der Waals surface area contributed by atoms with Crippen LogP contribution in [0.5, 0.6) is 5.75 Å². The van der Waals surface area contributed by atoms with Crippen LogP contribution in [0.2, 0.25) is 0 Å². The summed E-state index contributed by atoms with van der Waals surface area (Å²) in [6.45, 7) is 4.72. The highest BCUT2D eigenvalue weighted by Gasteiger charge is 2.35. The second-order valence-corrected chi connectivity index (χ2v) is 4.98. The van der Waals surface area contributed by atoms with Gasteiger partial charge in [0.1, 0.15) is 5.75 Å². The van der Waals surface area contributed by atoms with Gasteiger partial charge in [-0.05, 0) is 18.9 Å². The fraction of sp³-hybridized carbons (Fsp3) is 0.533. The molecule has 19 heavy (non-hydrogen) atoms. The minimum Gasteiger partial charge on any atom is -0.508 e. The molecule has 0 aliphatic heterocycles. The Labute approximate surface area is 115 Å². The van der Waals surface area contributed by atoms with Gasteiger partial charge in [-0.15, -0.1) is 0 Å². The first-order chi connectivity index (χ1) is 9.00. The van der Waals surface area contributed by atoms with Gasteiger partial charge < -0.3 is 15.7 Å². The third-order valence-corrected chi connectivity index (χ3v) is 3.94. The predicted molar refractivity (Wildman–Crippen MR) is 76.7 cm³/mol. The lowest BCUT2D eigenvalue weighted by atomic mass is 9.81. The number of amides is 1. The van der Waals surface area contributed by atoms with Gasteiger partial charge in [-0.3, -0.25) is 4.79 Å². The number of aromatic hydroxyl groups is 1. The van der Waals surface area contributed by atoms with E-state index in [1.807, 2.05) is 26.0 Å². The average molecular weight is 264 g/mol. The number of phenolic OH excluding ortho intramolecular Hbond substituents is 1. The van der Waals surface area contributed by atoms with E-state index in [-0.39, 0.29) is 11.7 Å². The van der Waals surface area contributed by atoms with Crippen LogP contribution < -0.4 is 5.73 Å². The second kappa shape index (κ2) is 6.57. The van der Waals surface area contributed by atoms with Crippen molar-refractivity contribution in [2.24, 2.45) is 11.1 Å². The smallest absolute Gasteiger partial charge is 0.230 e. The Morgan fingerprint density at radius 3 is 2.37 bits per heavy atom. The van der Waals surface area contributed by atoms with E-state index in [1.54, 1.807) is 24.1 Å². The minimum atomic E-state index is -0.487. The third kappa shape index (κ3) is 3.26. The maximum absolute atomic E-state index is 12.5. The van der Waals surface area contributed by atoms with E-state index < -0.39 is 5.41 Å². The van der Waals surface area contributed by atoms with Crippen molar-refractivity contribution < 1.29 is 9.90 Å². The van der Waals surface area contributed by atoms with Crippen molar-refractivity contribution in [2.45, 2.75) is 33.2 Å². The molecule has 4 nitrogen and oxygen atoms in total. The minimum absolute atomic E-state index is 0.0447. The molecule has 0 aliphatic carbocycles. The lowest BCUT2D eigenvalue weighted by Crippen LogP contribution is -2.45. The number of rotatable bonds is 6. The van der Waals surface area contributed by atoms with Gasteiger partial charge in [0.15, 0.2) is 0 Å². The maximum Gasteiger partial charge on any atom is 0.230 e. The fourth-order valence-corrected chi connectivity index (χ4v) is 2.31. The summed E-state index contributed by atoms with van der Waals surface area (Å²) >= 11 is 0. The summed E-state index contributed by atoms with van der Waals surface area (Å²) in [4.78, 5) is 14.2. The number of para-hydroxylation sites is 1. The van der Waals surface area contributed by atoms with Crippen LogP contribution in [0, 0.1) is 5.41 Å². The van der Waals surface area contributed by atoms with Crippen molar-refractivity contribution in [1.29, 1.82) is 0 Å². The van der Waals surface area contributed by atoms with Gasteiger partial charge in [0.05, 0.1) is 5.41 Å². The Morgan fingerprint density at radius 1 is 1.32 bits per heavy atom. The standard InChI is InChI=1S/C15H24N2O2/c1-4-15(5-2,11-16)14(19)17(3)10-12-8-6-7-9-13(12)18/h6-9,18H,4-5,10-11,16H2,1-3H3. The maximum atomic E-state index is 12.5. The molecule has 0 unspecified atom stereocenters. The molecule has 3 N–H and O–H groups in total. The molecule has 0 aromatic heterocycles. The van der Waals surface area contributed by atoms with Gasteiger partial charge in [-0.2, -0.15) is 0 Å². The molecular formula is C15H24N2O2. The lowest BCUT2D eigenvalue weighted by molar-refractivity contribution is -0.141. The summed E-state index contributed by atoms with van der Waals surface area (Å²) in [5.41, 5.74) is 6.05. The first kappa shape index (κ1) is 15.5. The van der Waals surface area contributed by atoms with Gasteiger partial charge in [0.2, 0.25) is 5.91 Å². The Bertz CT molecular complexity index is 420. The van der Waals surface area contributed by atoms with Gasteiger partial charge in [-0.1, -0.05) is 32.0 Å². The van der Waals surface area contributed by atoms with Crippen LogP contribution in [0.4, 0.5) is 0 Å². The molecule has 106 valence electrons. The summed E-state index contributed by atoms with van der Waals surface area (Å²) in [7, 11) is 1.75. The molecular weight excluding hydrogens is 240 g/mol. The summed E-state index contributed by atoms with van der Waals surface area (Å²) in [5, 5.41) is 9.75. The number of phenols is 1. The molecule has 1 aromatic rings. The second-order valence-electron chi connectivity index (χ2n) is 4.98. The molecule has 1 amide bonds. The van der Waals surface area contributed by atoms with Crippen LogP contribution >= 0.6 is 0 Å². The number of benzene rings is 1. The van der Waals surface area contributed by atoms with Crippen molar-refractivity contribution in [1.82, 2.24) is 4.90 Å². The molecule has 0 spiro atoms. The van der Waals surface area contributed by atoms with E-state index in [0.29, 0.717) is 13.1 Å². The molecule has 0 saturated carbocycles. The van der Waals surface area contributed by atoms with Gasteiger partial charge >= 0.3 is 0 Å². The molecule has 4 heteroatoms. The topological polar surface area (TPSA) is 66.6 Å². The SMILES string of the molecule is CCC(CC)(CN)C(=O)N(C)Cc1ccccc1O. The first-order valence-corrected chi connectivity index (χ1v) is 6.73. The molecule has 0 fully saturated rings. The Balaban J connectivity index is 2.86. The van der Waals surface area contributed by atoms with Gasteiger partial charge in [-0.25, -0.2) is 0 Å². The predicted octanol–water partition coefficient (Wildman–Crippen LogP) is 2.12. The number of nitrogens with two attached hydrogens (primary N) is 1. The first-order valence-electron chi connectivity index (χ1n) is 6.73. The van der Waals surface area contributed by atoms with Gasteiger partial charge in [0, 0.05) is 25.7 Å². The van der Waals surface area contributed by atoms with Crippen molar-refractivity contribution in [3.8, 4) is 5.75 Å². The molecule has 1 rings (SSSR count). The van der Waals surface area contributed by atoms with E-state index in [0.717, 1.165) is 18.4 Å². The highest BCUT2D eigenvalue weighted by Crippen LogP contribution is 2.28. The van der Waals surface area contributed by atoms with Crippen molar-refractivity contribution in [3.05, 3.63) is 29.8 Å². The van der Waals surface area contributed by atoms with Crippen LogP contribution in [0.3, 0.4) is 0 Å². The van der Waals surface area contributed by atoms with Crippen LogP contribution in [0.15, 0.2) is 24.3 Å². The van der Waals surface area contributed by atoms with E-state index in [4.69, 9.17) is 5.73 Å². The molecule has 0 radical (unpaired) electrons. The highest BCUT2D eigenvalue weighted by molar-refractivity contribution is 5.82. The number of carbonyl (C=O) groups is 1. The normalized spacial score (nSPS) is 11.4.